The molecule has 0 saturated heterocycles. The summed E-state index contributed by atoms with van der Waals surface area (Å²) in [5, 5.41) is 3.13. The molecule has 3 rings (SSSR count). The average Bonchev–Trinajstić information content (AvgIpc) is 3.01. The van der Waals surface area contributed by atoms with Crippen LogP contribution in [0.1, 0.15) is 27.2 Å². The number of imidazole rings is 1. The highest BCUT2D eigenvalue weighted by atomic mass is 35.5. The van der Waals surface area contributed by atoms with Crippen molar-refractivity contribution in [2.75, 3.05) is 5.32 Å². The first kappa shape index (κ1) is 16.9. The van der Waals surface area contributed by atoms with Gasteiger partial charge in [-0.1, -0.05) is 48.0 Å². The first-order chi connectivity index (χ1) is 12.0. The molecule has 25 heavy (non-hydrogen) atoms. The van der Waals surface area contributed by atoms with Crippen LogP contribution in [0.25, 0.3) is 6.08 Å². The van der Waals surface area contributed by atoms with E-state index in [4.69, 9.17) is 11.6 Å². The Hall–Kier alpha value is -2.92. The van der Waals surface area contributed by atoms with Crippen LogP contribution in [0.3, 0.4) is 0 Å². The maximum absolute atomic E-state index is 12.3. The number of halogens is 1. The fraction of sp³-hybridized carbons (Fsp3) is 0.105. The van der Waals surface area contributed by atoms with Crippen molar-refractivity contribution in [3.63, 3.8) is 0 Å². The molecular formula is C19H17ClN4O. The Morgan fingerprint density at radius 3 is 2.92 bits per heavy atom. The SMILES string of the molecule is C=Cc1ncc(C(=O)Nc2cn(Cc3cccc(C)c3)cn2)cc1Cl. The quantitative estimate of drug-likeness (QED) is 0.749. The normalized spacial score (nSPS) is 10.5. The highest BCUT2D eigenvalue weighted by Crippen LogP contribution is 2.17. The van der Waals surface area contributed by atoms with Gasteiger partial charge in [-0.05, 0) is 24.6 Å². The molecule has 0 unspecified atom stereocenters. The smallest absolute Gasteiger partial charge is 0.258 e. The molecule has 0 fully saturated rings. The van der Waals surface area contributed by atoms with Crippen molar-refractivity contribution in [1.82, 2.24) is 14.5 Å². The number of amides is 1. The fourth-order valence-electron chi connectivity index (χ4n) is 2.44. The highest BCUT2D eigenvalue weighted by molar-refractivity contribution is 6.32. The van der Waals surface area contributed by atoms with Gasteiger partial charge in [0.15, 0.2) is 5.82 Å². The summed E-state index contributed by atoms with van der Waals surface area (Å²) in [6.45, 7) is 6.36. The molecule has 126 valence electrons. The zero-order valence-corrected chi connectivity index (χ0v) is 14.5. The summed E-state index contributed by atoms with van der Waals surface area (Å²) in [5.41, 5.74) is 3.29. The second kappa shape index (κ2) is 7.32. The Bertz CT molecular complexity index is 933. The average molecular weight is 353 g/mol. The molecule has 1 amide bonds. The lowest BCUT2D eigenvalue weighted by molar-refractivity contribution is 0.102. The molecule has 2 heterocycles. The molecule has 2 aromatic heterocycles. The number of pyridine rings is 1. The number of hydrogen-bond acceptors (Lipinski definition) is 3. The van der Waals surface area contributed by atoms with E-state index < -0.39 is 0 Å². The maximum Gasteiger partial charge on any atom is 0.258 e. The minimum atomic E-state index is -0.314. The summed E-state index contributed by atoms with van der Waals surface area (Å²) in [7, 11) is 0. The van der Waals surface area contributed by atoms with Gasteiger partial charge in [-0.2, -0.15) is 0 Å². The summed E-state index contributed by atoms with van der Waals surface area (Å²) >= 11 is 6.05. The maximum atomic E-state index is 12.3. The van der Waals surface area contributed by atoms with Crippen molar-refractivity contribution in [1.29, 1.82) is 0 Å². The van der Waals surface area contributed by atoms with Gasteiger partial charge in [0.1, 0.15) is 0 Å². The fourth-order valence-corrected chi connectivity index (χ4v) is 2.69. The molecule has 0 saturated carbocycles. The summed E-state index contributed by atoms with van der Waals surface area (Å²) in [6.07, 6.45) is 6.47. The number of nitrogens with one attached hydrogen (secondary N) is 1. The predicted molar refractivity (Wildman–Crippen MR) is 99.8 cm³/mol. The predicted octanol–water partition coefficient (Wildman–Crippen LogP) is 4.18. The molecule has 0 aliphatic rings. The van der Waals surface area contributed by atoms with Crippen LogP contribution >= 0.6 is 11.6 Å². The van der Waals surface area contributed by atoms with Crippen molar-refractivity contribution in [3.05, 3.63) is 83.0 Å². The molecule has 0 aliphatic heterocycles. The Balaban J connectivity index is 1.69. The van der Waals surface area contributed by atoms with E-state index >= 15 is 0 Å². The van der Waals surface area contributed by atoms with Crippen LogP contribution in [-0.4, -0.2) is 20.4 Å². The highest BCUT2D eigenvalue weighted by Gasteiger charge is 2.11. The van der Waals surface area contributed by atoms with Gasteiger partial charge in [0, 0.05) is 18.9 Å². The van der Waals surface area contributed by atoms with Crippen LogP contribution in [0.15, 0.2) is 55.6 Å². The molecule has 6 heteroatoms. The number of nitrogens with zero attached hydrogens (tertiary/aromatic N) is 3. The van der Waals surface area contributed by atoms with Crippen LogP contribution in [0.4, 0.5) is 5.82 Å². The first-order valence-corrected chi connectivity index (χ1v) is 8.09. The number of carbonyl (C=O) groups is 1. The molecule has 5 nitrogen and oxygen atoms in total. The minimum absolute atomic E-state index is 0.314. The second-order valence-electron chi connectivity index (χ2n) is 5.67. The number of aromatic nitrogens is 3. The zero-order valence-electron chi connectivity index (χ0n) is 13.7. The van der Waals surface area contributed by atoms with E-state index in [-0.39, 0.29) is 5.91 Å². The number of carbonyl (C=O) groups excluding carboxylic acids is 1. The molecule has 0 bridgehead atoms. The monoisotopic (exact) mass is 352 g/mol. The van der Waals surface area contributed by atoms with Crippen LogP contribution in [-0.2, 0) is 6.54 Å². The van der Waals surface area contributed by atoms with Crippen molar-refractivity contribution in [2.45, 2.75) is 13.5 Å². The molecule has 0 spiro atoms. The Labute approximate surface area is 151 Å². The lowest BCUT2D eigenvalue weighted by atomic mass is 10.1. The van der Waals surface area contributed by atoms with Crippen LogP contribution in [0.2, 0.25) is 5.02 Å². The van der Waals surface area contributed by atoms with Gasteiger partial charge in [0.2, 0.25) is 0 Å². The van der Waals surface area contributed by atoms with E-state index in [1.807, 2.05) is 10.6 Å². The lowest BCUT2D eigenvalue weighted by Gasteiger charge is -2.04. The van der Waals surface area contributed by atoms with Gasteiger partial charge in [0.05, 0.1) is 22.6 Å². The van der Waals surface area contributed by atoms with Gasteiger partial charge in [0.25, 0.3) is 5.91 Å². The van der Waals surface area contributed by atoms with Gasteiger partial charge >= 0.3 is 0 Å². The number of rotatable bonds is 5. The van der Waals surface area contributed by atoms with Crippen molar-refractivity contribution in [3.8, 4) is 0 Å². The molecule has 0 atom stereocenters. The first-order valence-electron chi connectivity index (χ1n) is 7.72. The molecule has 3 aromatic rings. The van der Waals surface area contributed by atoms with E-state index in [1.54, 1.807) is 18.6 Å². The number of aryl methyl sites for hydroxylation is 1. The Kier molecular flexibility index (Phi) is 4.95. The number of hydrogen-bond donors (Lipinski definition) is 1. The van der Waals surface area contributed by atoms with Crippen LogP contribution in [0, 0.1) is 6.92 Å². The summed E-state index contributed by atoms with van der Waals surface area (Å²) in [6, 6.07) is 9.81. The second-order valence-corrected chi connectivity index (χ2v) is 6.08. The third kappa shape index (κ3) is 4.14. The Morgan fingerprint density at radius 1 is 1.36 bits per heavy atom. The molecule has 0 radical (unpaired) electrons. The number of benzene rings is 1. The van der Waals surface area contributed by atoms with Gasteiger partial charge in [-0.25, -0.2) is 4.98 Å². The van der Waals surface area contributed by atoms with Crippen molar-refractivity contribution < 1.29 is 4.79 Å². The molecule has 0 aliphatic carbocycles. The third-order valence-corrected chi connectivity index (χ3v) is 3.95. The molecular weight excluding hydrogens is 336 g/mol. The topological polar surface area (TPSA) is 59.8 Å². The zero-order chi connectivity index (χ0) is 17.8. The molecule has 1 N–H and O–H groups in total. The van der Waals surface area contributed by atoms with Gasteiger partial charge in [-0.3, -0.25) is 9.78 Å². The minimum Gasteiger partial charge on any atom is -0.331 e. The van der Waals surface area contributed by atoms with E-state index in [9.17, 15) is 4.79 Å². The largest absolute Gasteiger partial charge is 0.331 e. The third-order valence-electron chi connectivity index (χ3n) is 3.65. The van der Waals surface area contributed by atoms with Crippen molar-refractivity contribution >= 4 is 29.4 Å². The van der Waals surface area contributed by atoms with E-state index in [0.29, 0.717) is 28.6 Å². The van der Waals surface area contributed by atoms with Crippen molar-refractivity contribution in [2.24, 2.45) is 0 Å². The van der Waals surface area contributed by atoms with E-state index in [0.717, 1.165) is 0 Å². The lowest BCUT2D eigenvalue weighted by Crippen LogP contribution is -2.12. The van der Waals surface area contributed by atoms with Crippen LogP contribution in [0.5, 0.6) is 0 Å². The van der Waals surface area contributed by atoms with Gasteiger partial charge in [-0.15, -0.1) is 0 Å². The van der Waals surface area contributed by atoms with Crippen LogP contribution < -0.4 is 5.32 Å². The summed E-state index contributed by atoms with van der Waals surface area (Å²) < 4.78 is 1.91. The summed E-state index contributed by atoms with van der Waals surface area (Å²) in [5.74, 6) is 0.160. The Morgan fingerprint density at radius 2 is 2.20 bits per heavy atom. The standard InChI is InChI=1S/C19H17ClN4O/c1-3-17-16(20)8-15(9-21-17)19(25)23-18-11-24(12-22-18)10-14-6-4-5-13(2)7-14/h3-9,11-12H,1,10H2,2H3,(H,23,25). The molecule has 1 aromatic carbocycles. The van der Waals surface area contributed by atoms with E-state index in [1.165, 1.54) is 23.4 Å². The van der Waals surface area contributed by atoms with E-state index in [2.05, 4.69) is 47.0 Å². The van der Waals surface area contributed by atoms with Gasteiger partial charge < -0.3 is 9.88 Å². The number of anilines is 1. The summed E-state index contributed by atoms with van der Waals surface area (Å²) in [4.78, 5) is 20.6.